The van der Waals surface area contributed by atoms with Crippen molar-refractivity contribution in [2.75, 3.05) is 4.72 Å². The Balaban J connectivity index is 1.52. The lowest BCUT2D eigenvalue weighted by Gasteiger charge is -2.13. The molecule has 34 heavy (non-hydrogen) atoms. The Bertz CT molecular complexity index is 1480. The number of aromatic nitrogens is 4. The molecule has 0 spiro atoms. The molecule has 9 heteroatoms. The fraction of sp³-hybridized carbons (Fsp3) is 0.240. The van der Waals surface area contributed by atoms with Crippen LogP contribution in [0.2, 0.25) is 0 Å². The first kappa shape index (κ1) is 23.4. The minimum Gasteiger partial charge on any atom is -0.439 e. The third kappa shape index (κ3) is 4.65. The van der Waals surface area contributed by atoms with Crippen LogP contribution in [-0.2, 0) is 10.0 Å². The average Bonchev–Trinajstić information content (AvgIpc) is 3.05. The molecule has 0 fully saturated rings. The van der Waals surface area contributed by atoms with Crippen molar-refractivity contribution in [2.45, 2.75) is 46.4 Å². The van der Waals surface area contributed by atoms with Gasteiger partial charge in [0.25, 0.3) is 10.0 Å². The number of sulfonamides is 1. The molecule has 0 aliphatic rings. The fourth-order valence-corrected chi connectivity index (χ4v) is 4.96. The van der Waals surface area contributed by atoms with E-state index in [-0.39, 0.29) is 4.90 Å². The van der Waals surface area contributed by atoms with Gasteiger partial charge in [0.15, 0.2) is 5.82 Å². The summed E-state index contributed by atoms with van der Waals surface area (Å²) in [6.07, 6.45) is 1.42. The van der Waals surface area contributed by atoms with Crippen LogP contribution >= 0.6 is 0 Å². The molecule has 176 valence electrons. The fourth-order valence-electron chi connectivity index (χ4n) is 3.59. The lowest BCUT2D eigenvalue weighted by Crippen LogP contribution is -2.14. The van der Waals surface area contributed by atoms with Gasteiger partial charge in [-0.3, -0.25) is 4.72 Å². The van der Waals surface area contributed by atoms with Crippen molar-refractivity contribution in [2.24, 2.45) is 0 Å². The quantitative estimate of drug-likeness (QED) is 0.414. The zero-order chi connectivity index (χ0) is 24.6. The number of benzene rings is 2. The second-order valence-electron chi connectivity index (χ2n) is 8.36. The molecule has 0 aliphatic heterocycles. The van der Waals surface area contributed by atoms with Gasteiger partial charge in [-0.15, -0.1) is 0 Å². The van der Waals surface area contributed by atoms with Gasteiger partial charge in [0, 0.05) is 17.4 Å². The summed E-state index contributed by atoms with van der Waals surface area (Å²) in [5, 5.41) is 4.52. The summed E-state index contributed by atoms with van der Waals surface area (Å²) in [7, 11) is -3.72. The third-order valence-corrected chi connectivity index (χ3v) is 7.43. The highest BCUT2D eigenvalue weighted by Gasteiger charge is 2.18. The molecule has 2 heterocycles. The first-order chi connectivity index (χ1) is 16.0. The number of hydrogen-bond acceptors (Lipinski definition) is 6. The highest BCUT2D eigenvalue weighted by molar-refractivity contribution is 7.92. The van der Waals surface area contributed by atoms with E-state index in [0.29, 0.717) is 28.7 Å². The van der Waals surface area contributed by atoms with Crippen LogP contribution in [0.15, 0.2) is 53.7 Å². The van der Waals surface area contributed by atoms with Gasteiger partial charge in [-0.1, -0.05) is 6.07 Å². The average molecular weight is 478 g/mol. The zero-order valence-corrected chi connectivity index (χ0v) is 20.9. The standard InChI is InChI=1S/C25H27N5O3S/c1-15-11-17(3)23(12-16(15)2)34(31,32)29-21-7-9-22(10-8-21)33-25-13-24(26-14-27-25)30-20(6)18(4)19(5)28-30/h7-14,29H,1-6H3. The smallest absolute Gasteiger partial charge is 0.262 e. The van der Waals surface area contributed by atoms with E-state index >= 15 is 0 Å². The summed E-state index contributed by atoms with van der Waals surface area (Å²) < 4.78 is 36.1. The Hall–Kier alpha value is -3.72. The van der Waals surface area contributed by atoms with Crippen LogP contribution in [0.3, 0.4) is 0 Å². The van der Waals surface area contributed by atoms with E-state index in [1.807, 2.05) is 40.7 Å². The number of hydrogen-bond donors (Lipinski definition) is 1. The van der Waals surface area contributed by atoms with E-state index in [1.54, 1.807) is 48.0 Å². The van der Waals surface area contributed by atoms with Gasteiger partial charge in [0.1, 0.15) is 12.1 Å². The predicted octanol–water partition coefficient (Wildman–Crippen LogP) is 5.11. The molecule has 0 atom stereocenters. The van der Waals surface area contributed by atoms with Crippen molar-refractivity contribution >= 4 is 15.7 Å². The second kappa shape index (κ2) is 8.90. The molecular weight excluding hydrogens is 450 g/mol. The minimum absolute atomic E-state index is 0.267. The maximum absolute atomic E-state index is 12.9. The van der Waals surface area contributed by atoms with Crippen LogP contribution in [0.5, 0.6) is 11.6 Å². The molecule has 2 aromatic heterocycles. The van der Waals surface area contributed by atoms with Crippen molar-refractivity contribution in [3.8, 4) is 17.4 Å². The number of rotatable bonds is 6. The Morgan fingerprint density at radius 3 is 2.18 bits per heavy atom. The van der Waals surface area contributed by atoms with Gasteiger partial charge in [-0.2, -0.15) is 5.10 Å². The summed E-state index contributed by atoms with van der Waals surface area (Å²) >= 11 is 0. The predicted molar refractivity (Wildman–Crippen MR) is 131 cm³/mol. The second-order valence-corrected chi connectivity index (χ2v) is 10.0. The molecule has 2 aromatic carbocycles. The largest absolute Gasteiger partial charge is 0.439 e. The number of ether oxygens (including phenoxy) is 1. The van der Waals surface area contributed by atoms with Crippen LogP contribution in [0.1, 0.15) is 33.6 Å². The molecule has 0 aliphatic carbocycles. The lowest BCUT2D eigenvalue weighted by molar-refractivity contribution is 0.460. The van der Waals surface area contributed by atoms with Crippen molar-refractivity contribution < 1.29 is 13.2 Å². The normalized spacial score (nSPS) is 11.5. The summed E-state index contributed by atoms with van der Waals surface area (Å²) in [5.74, 6) is 1.47. The van der Waals surface area contributed by atoms with E-state index in [2.05, 4.69) is 19.8 Å². The van der Waals surface area contributed by atoms with E-state index < -0.39 is 10.0 Å². The van der Waals surface area contributed by atoms with Gasteiger partial charge >= 0.3 is 0 Å². The first-order valence-corrected chi connectivity index (χ1v) is 12.3. The van der Waals surface area contributed by atoms with E-state index in [1.165, 1.54) is 6.33 Å². The van der Waals surface area contributed by atoms with E-state index in [9.17, 15) is 8.42 Å². The molecule has 8 nitrogen and oxygen atoms in total. The van der Waals surface area contributed by atoms with Crippen LogP contribution in [0.4, 0.5) is 5.69 Å². The van der Waals surface area contributed by atoms with Crippen LogP contribution in [0, 0.1) is 41.5 Å². The highest BCUT2D eigenvalue weighted by atomic mass is 32.2. The van der Waals surface area contributed by atoms with Gasteiger partial charge in [-0.25, -0.2) is 23.1 Å². The Morgan fingerprint density at radius 1 is 0.853 bits per heavy atom. The summed E-state index contributed by atoms with van der Waals surface area (Å²) in [6.45, 7) is 11.6. The minimum atomic E-state index is -3.72. The van der Waals surface area contributed by atoms with Gasteiger partial charge in [0.05, 0.1) is 10.6 Å². The van der Waals surface area contributed by atoms with Gasteiger partial charge in [-0.05, 0) is 94.1 Å². The maximum Gasteiger partial charge on any atom is 0.262 e. The molecule has 4 rings (SSSR count). The molecule has 0 bridgehead atoms. The summed E-state index contributed by atoms with van der Waals surface area (Å²) in [6, 6.07) is 11.9. The van der Waals surface area contributed by atoms with Crippen molar-refractivity contribution in [1.82, 2.24) is 19.7 Å². The molecule has 4 aromatic rings. The molecule has 0 unspecified atom stereocenters. The molecule has 0 radical (unpaired) electrons. The van der Waals surface area contributed by atoms with Crippen LogP contribution < -0.4 is 9.46 Å². The van der Waals surface area contributed by atoms with Crippen LogP contribution in [0.25, 0.3) is 5.82 Å². The van der Waals surface area contributed by atoms with Crippen molar-refractivity contribution in [3.63, 3.8) is 0 Å². The van der Waals surface area contributed by atoms with Gasteiger partial charge < -0.3 is 4.74 Å². The van der Waals surface area contributed by atoms with Crippen molar-refractivity contribution in [3.05, 3.63) is 82.4 Å². The van der Waals surface area contributed by atoms with Crippen molar-refractivity contribution in [1.29, 1.82) is 0 Å². The molecular formula is C25H27N5O3S. The molecule has 0 saturated carbocycles. The Morgan fingerprint density at radius 2 is 1.53 bits per heavy atom. The van der Waals surface area contributed by atoms with E-state index in [0.717, 1.165) is 28.1 Å². The molecule has 0 amide bonds. The van der Waals surface area contributed by atoms with Crippen LogP contribution in [-0.4, -0.2) is 28.2 Å². The number of aryl methyl sites for hydroxylation is 4. The Kier molecular flexibility index (Phi) is 6.14. The topological polar surface area (TPSA) is 99.0 Å². The van der Waals surface area contributed by atoms with E-state index in [4.69, 9.17) is 4.74 Å². The van der Waals surface area contributed by atoms with Gasteiger partial charge in [0.2, 0.25) is 5.88 Å². The number of nitrogens with zero attached hydrogens (tertiary/aromatic N) is 4. The molecule has 1 N–H and O–H groups in total. The zero-order valence-electron chi connectivity index (χ0n) is 20.0. The Labute approximate surface area is 199 Å². The first-order valence-electron chi connectivity index (χ1n) is 10.8. The number of nitrogens with one attached hydrogen (secondary N) is 1. The lowest BCUT2D eigenvalue weighted by atomic mass is 10.1. The number of anilines is 1. The maximum atomic E-state index is 12.9. The SMILES string of the molecule is Cc1cc(C)c(S(=O)(=O)Nc2ccc(Oc3cc(-n4nc(C)c(C)c4C)ncn3)cc2)cc1C. The monoisotopic (exact) mass is 477 g/mol. The summed E-state index contributed by atoms with van der Waals surface area (Å²) in [5.41, 5.74) is 6.16. The third-order valence-electron chi connectivity index (χ3n) is 5.91. The highest BCUT2D eigenvalue weighted by Crippen LogP contribution is 2.26. The molecule has 0 saturated heterocycles. The summed E-state index contributed by atoms with van der Waals surface area (Å²) in [4.78, 5) is 8.75.